The van der Waals surface area contributed by atoms with E-state index < -0.39 is 7.40 Å². The van der Waals surface area contributed by atoms with Crippen molar-refractivity contribution in [2.24, 2.45) is 0 Å². The molecule has 2 saturated carbocycles. The van der Waals surface area contributed by atoms with Crippen molar-refractivity contribution in [1.82, 2.24) is 14.4 Å². The summed E-state index contributed by atoms with van der Waals surface area (Å²) >= 11 is 0. The minimum absolute atomic E-state index is 0.0398. The van der Waals surface area contributed by atoms with Gasteiger partial charge >= 0.3 is 7.40 Å². The summed E-state index contributed by atoms with van der Waals surface area (Å²) < 4.78 is 32.1. The summed E-state index contributed by atoms with van der Waals surface area (Å²) in [6.45, 7) is 0. The maximum absolute atomic E-state index is 15.4. The highest BCUT2D eigenvalue weighted by molar-refractivity contribution is 6.42. The van der Waals surface area contributed by atoms with Crippen molar-refractivity contribution in [1.29, 1.82) is 0 Å². The van der Waals surface area contributed by atoms with Crippen LogP contribution < -0.4 is 0 Å². The largest absolute Gasteiger partial charge is 0.677 e. The van der Waals surface area contributed by atoms with Crippen LogP contribution in [0.2, 0.25) is 0 Å². The van der Waals surface area contributed by atoms with Crippen LogP contribution in [-0.4, -0.2) is 21.8 Å². The highest BCUT2D eigenvalue weighted by atomic mass is 19.2. The minimum atomic E-state index is -2.66. The summed E-state index contributed by atoms with van der Waals surface area (Å²) in [6.07, 6.45) is 8.73. The standard InChI is InChI=1S/C39H38BF2N3/c41-40(42)45-36(31-20-10-8-18-29(31)27-15-5-2-6-16-27)23-24-37(45)38-32-21-11-12-22-33(32)43-35-25-34(44-39(35)38)30-19-9-7-17-28(30)26-13-3-1-4-14-26/h1-6,11-16,21-25,28-31,43H,7-10,17-20H2. The molecule has 45 heavy (non-hydrogen) atoms. The van der Waals surface area contributed by atoms with Crippen molar-refractivity contribution in [2.45, 2.75) is 75.0 Å². The first-order valence-electron chi connectivity index (χ1n) is 16.7. The van der Waals surface area contributed by atoms with Gasteiger partial charge in [-0.15, -0.1) is 0 Å². The van der Waals surface area contributed by atoms with E-state index in [0.29, 0.717) is 17.5 Å². The average molecular weight is 598 g/mol. The van der Waals surface area contributed by atoms with E-state index in [4.69, 9.17) is 4.98 Å². The van der Waals surface area contributed by atoms with Crippen LogP contribution in [0.4, 0.5) is 8.63 Å². The number of nitrogens with one attached hydrogen (secondary N) is 1. The third kappa shape index (κ3) is 5.08. The van der Waals surface area contributed by atoms with E-state index in [1.54, 1.807) is 0 Å². The molecule has 4 unspecified atom stereocenters. The lowest BCUT2D eigenvalue weighted by molar-refractivity contribution is 0.377. The topological polar surface area (TPSA) is 33.6 Å². The van der Waals surface area contributed by atoms with Crippen molar-refractivity contribution >= 4 is 18.3 Å². The second-order valence-corrected chi connectivity index (χ2v) is 13.1. The molecule has 2 fully saturated rings. The lowest BCUT2D eigenvalue weighted by atomic mass is 9.73. The Hall–Kier alpha value is -4.19. The monoisotopic (exact) mass is 597 g/mol. The molecule has 2 aliphatic carbocycles. The van der Waals surface area contributed by atoms with Crippen molar-refractivity contribution in [3.8, 4) is 22.6 Å². The van der Waals surface area contributed by atoms with E-state index in [1.165, 1.54) is 28.4 Å². The van der Waals surface area contributed by atoms with Crippen molar-refractivity contribution in [3.63, 3.8) is 0 Å². The fourth-order valence-corrected chi connectivity index (χ4v) is 8.61. The maximum atomic E-state index is 15.4. The van der Waals surface area contributed by atoms with Gasteiger partial charge in [-0.1, -0.05) is 105 Å². The first-order chi connectivity index (χ1) is 22.2. The van der Waals surface area contributed by atoms with Gasteiger partial charge in [0.1, 0.15) is 0 Å². The molecule has 0 amide bonds. The molecular weight excluding hydrogens is 559 g/mol. The van der Waals surface area contributed by atoms with Crippen molar-refractivity contribution in [2.75, 3.05) is 0 Å². The van der Waals surface area contributed by atoms with Gasteiger partial charge in [-0.3, -0.25) is 13.6 Å². The normalized spacial score (nSPS) is 22.2. The predicted molar refractivity (Wildman–Crippen MR) is 180 cm³/mol. The highest BCUT2D eigenvalue weighted by Crippen LogP contribution is 2.49. The minimum Gasteiger partial charge on any atom is -0.353 e. The number of fused-ring (bicyclic) bond motifs is 2. The number of para-hydroxylation sites is 1. The number of nitrogens with zero attached hydrogens (tertiary/aromatic N) is 2. The Morgan fingerprint density at radius 1 is 0.644 bits per heavy atom. The molecule has 4 aromatic rings. The molecule has 8 rings (SSSR count). The predicted octanol–water partition coefficient (Wildman–Crippen LogP) is 10.8. The molecule has 0 radical (unpaired) electrons. The zero-order chi connectivity index (χ0) is 30.3. The number of pyridine rings is 1. The Bertz CT molecular complexity index is 1880. The summed E-state index contributed by atoms with van der Waals surface area (Å²) in [5, 5.41) is 0.924. The van der Waals surface area contributed by atoms with Gasteiger partial charge in [0.15, 0.2) is 0 Å². The number of H-pyrrole nitrogens is 1. The lowest BCUT2D eigenvalue weighted by Crippen LogP contribution is -2.24. The van der Waals surface area contributed by atoms with Crippen LogP contribution in [0.5, 0.6) is 0 Å². The van der Waals surface area contributed by atoms with Gasteiger partial charge in [-0.05, 0) is 72.9 Å². The third-order valence-electron chi connectivity index (χ3n) is 10.6. The molecule has 4 atom stereocenters. The fourth-order valence-electron chi connectivity index (χ4n) is 8.61. The van der Waals surface area contributed by atoms with E-state index in [9.17, 15) is 0 Å². The number of halogens is 2. The Kier molecular flexibility index (Phi) is 7.52. The SMILES string of the molecule is FB(F)n1c(-c2c3nc(C4CCCCC4c4ccccc4)cc-3[nH]c3ccccc23)ccc1C1CCCCC1c1ccccc1. The van der Waals surface area contributed by atoms with E-state index in [0.717, 1.165) is 77.8 Å². The van der Waals surface area contributed by atoms with Crippen LogP contribution >= 0.6 is 0 Å². The molecule has 0 saturated heterocycles. The fraction of sp³-hybridized carbons (Fsp3) is 0.308. The molecule has 0 bridgehead atoms. The summed E-state index contributed by atoms with van der Waals surface area (Å²) in [7, 11) is -2.66. The molecule has 4 aliphatic rings. The van der Waals surface area contributed by atoms with E-state index in [-0.39, 0.29) is 11.8 Å². The van der Waals surface area contributed by atoms with Gasteiger partial charge in [0.25, 0.3) is 0 Å². The second kappa shape index (κ2) is 12.0. The molecule has 3 aromatic carbocycles. The lowest BCUT2D eigenvalue weighted by Gasteiger charge is -2.33. The van der Waals surface area contributed by atoms with Crippen LogP contribution in [0.1, 0.15) is 97.6 Å². The molecule has 1 aromatic heterocycles. The molecule has 0 spiro atoms. The van der Waals surface area contributed by atoms with E-state index in [2.05, 4.69) is 65.6 Å². The number of aromatic nitrogens is 3. The molecule has 6 heteroatoms. The Morgan fingerprint density at radius 3 is 1.89 bits per heavy atom. The van der Waals surface area contributed by atoms with Crippen LogP contribution in [0, 0.1) is 0 Å². The van der Waals surface area contributed by atoms with Gasteiger partial charge in [0, 0.05) is 45.4 Å². The number of rotatable bonds is 6. The smallest absolute Gasteiger partial charge is 0.353 e. The Balaban J connectivity index is 1.29. The molecule has 3 heterocycles. The first kappa shape index (κ1) is 28.3. The summed E-state index contributed by atoms with van der Waals surface area (Å²) in [4.78, 5) is 8.96. The summed E-state index contributed by atoms with van der Waals surface area (Å²) in [6, 6.07) is 35.5. The number of hydrogen-bond acceptors (Lipinski definition) is 1. The van der Waals surface area contributed by atoms with Gasteiger partial charge in [-0.25, -0.2) is 0 Å². The molecule has 226 valence electrons. The van der Waals surface area contributed by atoms with E-state index in [1.807, 2.05) is 42.5 Å². The number of hydrogen-bond donors (Lipinski definition) is 1. The third-order valence-corrected chi connectivity index (χ3v) is 10.6. The average Bonchev–Trinajstić information content (AvgIpc) is 3.73. The van der Waals surface area contributed by atoms with E-state index >= 15 is 8.63 Å². The number of aromatic amines is 1. The Morgan fingerprint density at radius 2 is 1.22 bits per heavy atom. The number of benzene rings is 3. The van der Waals surface area contributed by atoms with Crippen LogP contribution in [0.15, 0.2) is 103 Å². The summed E-state index contributed by atoms with van der Waals surface area (Å²) in [5.74, 6) is 0.966. The van der Waals surface area contributed by atoms with Crippen LogP contribution in [-0.2, 0) is 0 Å². The van der Waals surface area contributed by atoms with Crippen LogP contribution in [0.25, 0.3) is 33.5 Å². The zero-order valence-electron chi connectivity index (χ0n) is 25.5. The zero-order valence-corrected chi connectivity index (χ0v) is 25.5. The van der Waals surface area contributed by atoms with Crippen LogP contribution in [0.3, 0.4) is 0 Å². The van der Waals surface area contributed by atoms with Crippen molar-refractivity contribution in [3.05, 3.63) is 126 Å². The maximum Gasteiger partial charge on any atom is 0.677 e. The summed E-state index contributed by atoms with van der Waals surface area (Å²) in [5.41, 5.74) is 8.41. The second-order valence-electron chi connectivity index (χ2n) is 13.1. The quantitative estimate of drug-likeness (QED) is 0.190. The van der Waals surface area contributed by atoms with Gasteiger partial charge in [0.05, 0.1) is 11.4 Å². The Labute approximate surface area is 264 Å². The van der Waals surface area contributed by atoms with Gasteiger partial charge < -0.3 is 9.46 Å². The molecule has 3 nitrogen and oxygen atoms in total. The molecule has 2 aliphatic heterocycles. The highest BCUT2D eigenvalue weighted by Gasteiger charge is 2.36. The molecular formula is C39H38BF2N3. The van der Waals surface area contributed by atoms with Gasteiger partial charge in [0.2, 0.25) is 0 Å². The van der Waals surface area contributed by atoms with Gasteiger partial charge in [-0.2, -0.15) is 0 Å². The molecule has 1 N–H and O–H groups in total. The van der Waals surface area contributed by atoms with Crippen molar-refractivity contribution < 1.29 is 8.63 Å². The first-order valence-corrected chi connectivity index (χ1v) is 16.7.